The van der Waals surface area contributed by atoms with E-state index in [-0.39, 0.29) is 0 Å². The number of nitrogens with two attached hydrogens (primary N) is 1. The predicted octanol–water partition coefficient (Wildman–Crippen LogP) is 1.88. The number of benzene rings is 1. The van der Waals surface area contributed by atoms with Crippen LogP contribution in [-0.2, 0) is 6.54 Å². The van der Waals surface area contributed by atoms with Crippen LogP contribution >= 0.6 is 0 Å². The maximum atomic E-state index is 12.9. The third-order valence-electron chi connectivity index (χ3n) is 2.34. The molecule has 2 nitrogen and oxygen atoms in total. The summed E-state index contributed by atoms with van der Waals surface area (Å²) in [6.07, 6.45) is 0. The van der Waals surface area contributed by atoms with Gasteiger partial charge in [-0.3, -0.25) is 4.90 Å². The van der Waals surface area contributed by atoms with Crippen LogP contribution in [0.5, 0.6) is 0 Å². The molecular weight excluding hydrogens is 217 g/mol. The second-order valence-electron chi connectivity index (χ2n) is 3.53. The first-order valence-corrected chi connectivity index (χ1v) is 5.14. The molecule has 90 valence electrons. The van der Waals surface area contributed by atoms with Crippen LogP contribution in [0, 0.1) is 17.5 Å². The largest absolute Gasteiger partial charge is 0.329 e. The minimum absolute atomic E-state index is 0.363. The first-order chi connectivity index (χ1) is 7.58. The minimum atomic E-state index is -1.43. The van der Waals surface area contributed by atoms with E-state index in [2.05, 4.69) is 0 Å². The summed E-state index contributed by atoms with van der Waals surface area (Å²) in [6, 6.07) is 2.02. The Bertz CT molecular complexity index is 332. The van der Waals surface area contributed by atoms with Gasteiger partial charge in [-0.2, -0.15) is 0 Å². The Morgan fingerprint density at radius 3 is 2.19 bits per heavy atom. The molecule has 0 unspecified atom stereocenters. The summed E-state index contributed by atoms with van der Waals surface area (Å²) >= 11 is 0. The highest BCUT2D eigenvalue weighted by Gasteiger charge is 2.11. The third-order valence-corrected chi connectivity index (χ3v) is 2.34. The Morgan fingerprint density at radius 2 is 1.75 bits per heavy atom. The molecule has 16 heavy (non-hydrogen) atoms. The van der Waals surface area contributed by atoms with E-state index < -0.39 is 17.5 Å². The van der Waals surface area contributed by atoms with Gasteiger partial charge in [-0.15, -0.1) is 0 Å². The highest BCUT2D eigenvalue weighted by Crippen LogP contribution is 2.14. The molecule has 0 amide bonds. The molecule has 0 heterocycles. The first-order valence-electron chi connectivity index (χ1n) is 5.14. The Kier molecular flexibility index (Phi) is 4.76. The van der Waals surface area contributed by atoms with Crippen LogP contribution in [0.1, 0.15) is 12.5 Å². The summed E-state index contributed by atoms with van der Waals surface area (Å²) in [5, 5.41) is 0. The van der Waals surface area contributed by atoms with E-state index in [9.17, 15) is 13.2 Å². The molecule has 1 aromatic rings. The van der Waals surface area contributed by atoms with E-state index in [1.807, 2.05) is 11.8 Å². The van der Waals surface area contributed by atoms with Crippen LogP contribution in [0.25, 0.3) is 0 Å². The molecule has 0 bridgehead atoms. The lowest BCUT2D eigenvalue weighted by Gasteiger charge is -2.19. The predicted molar refractivity (Wildman–Crippen MR) is 56.3 cm³/mol. The molecule has 1 aromatic carbocycles. The van der Waals surface area contributed by atoms with Crippen molar-refractivity contribution in [2.75, 3.05) is 19.6 Å². The zero-order valence-electron chi connectivity index (χ0n) is 9.14. The van der Waals surface area contributed by atoms with Gasteiger partial charge in [0.15, 0.2) is 17.5 Å². The second kappa shape index (κ2) is 5.86. The SMILES string of the molecule is CCN(CCN)Cc1cc(F)c(F)c(F)c1. The lowest BCUT2D eigenvalue weighted by atomic mass is 10.2. The van der Waals surface area contributed by atoms with E-state index in [0.717, 1.165) is 18.7 Å². The Morgan fingerprint density at radius 1 is 1.19 bits per heavy atom. The van der Waals surface area contributed by atoms with E-state index >= 15 is 0 Å². The van der Waals surface area contributed by atoms with Gasteiger partial charge in [-0.25, -0.2) is 13.2 Å². The first kappa shape index (κ1) is 13.0. The van der Waals surface area contributed by atoms with Gasteiger partial charge in [0.2, 0.25) is 0 Å². The average molecular weight is 232 g/mol. The number of halogens is 3. The lowest BCUT2D eigenvalue weighted by molar-refractivity contribution is 0.286. The van der Waals surface area contributed by atoms with Gasteiger partial charge in [-0.1, -0.05) is 6.92 Å². The highest BCUT2D eigenvalue weighted by molar-refractivity contribution is 5.19. The Hall–Kier alpha value is -1.07. The maximum absolute atomic E-state index is 12.9. The maximum Gasteiger partial charge on any atom is 0.194 e. The topological polar surface area (TPSA) is 29.3 Å². The highest BCUT2D eigenvalue weighted by atomic mass is 19.2. The summed E-state index contributed by atoms with van der Waals surface area (Å²) in [5.74, 6) is -3.73. The molecule has 0 aliphatic carbocycles. The molecule has 0 atom stereocenters. The van der Waals surface area contributed by atoms with Gasteiger partial charge in [0.05, 0.1) is 0 Å². The van der Waals surface area contributed by atoms with Crippen molar-refractivity contribution in [1.29, 1.82) is 0 Å². The summed E-state index contributed by atoms with van der Waals surface area (Å²) in [6.45, 7) is 4.11. The van der Waals surface area contributed by atoms with Crippen molar-refractivity contribution < 1.29 is 13.2 Å². The molecule has 0 fully saturated rings. The molecule has 2 N–H and O–H groups in total. The molecule has 0 saturated carbocycles. The lowest BCUT2D eigenvalue weighted by Crippen LogP contribution is -2.28. The van der Waals surface area contributed by atoms with Crippen LogP contribution in [-0.4, -0.2) is 24.5 Å². The van der Waals surface area contributed by atoms with Crippen LogP contribution in [0.15, 0.2) is 12.1 Å². The second-order valence-corrected chi connectivity index (χ2v) is 3.53. The van der Waals surface area contributed by atoms with Gasteiger partial charge in [0.25, 0.3) is 0 Å². The smallest absolute Gasteiger partial charge is 0.194 e. The van der Waals surface area contributed by atoms with E-state index in [1.165, 1.54) is 0 Å². The number of hydrogen-bond donors (Lipinski definition) is 1. The number of likely N-dealkylation sites (N-methyl/N-ethyl adjacent to an activating group) is 1. The van der Waals surface area contributed by atoms with Crippen LogP contribution < -0.4 is 5.73 Å². The molecule has 0 radical (unpaired) electrons. The standard InChI is InChI=1S/C11H15F3N2/c1-2-16(4-3-15)7-8-5-9(12)11(14)10(13)6-8/h5-6H,2-4,7,15H2,1H3. The normalized spacial score (nSPS) is 11.1. The zero-order chi connectivity index (χ0) is 12.1. The summed E-state index contributed by atoms with van der Waals surface area (Å²) in [5.41, 5.74) is 5.80. The van der Waals surface area contributed by atoms with Crippen molar-refractivity contribution in [1.82, 2.24) is 4.90 Å². The van der Waals surface area contributed by atoms with E-state index in [0.29, 0.717) is 25.2 Å². The van der Waals surface area contributed by atoms with Gasteiger partial charge in [0.1, 0.15) is 0 Å². The molecule has 0 saturated heterocycles. The fourth-order valence-electron chi connectivity index (χ4n) is 1.49. The third kappa shape index (κ3) is 3.21. The molecular formula is C11H15F3N2. The summed E-state index contributed by atoms with van der Waals surface area (Å²) < 4.78 is 38.5. The van der Waals surface area contributed by atoms with Gasteiger partial charge < -0.3 is 5.73 Å². The van der Waals surface area contributed by atoms with E-state index in [1.54, 1.807) is 0 Å². The van der Waals surface area contributed by atoms with Crippen molar-refractivity contribution in [3.05, 3.63) is 35.1 Å². The van der Waals surface area contributed by atoms with E-state index in [4.69, 9.17) is 5.73 Å². The van der Waals surface area contributed by atoms with Gasteiger partial charge in [-0.05, 0) is 24.2 Å². The van der Waals surface area contributed by atoms with Crippen molar-refractivity contribution in [3.63, 3.8) is 0 Å². The fourth-order valence-corrected chi connectivity index (χ4v) is 1.49. The molecule has 0 spiro atoms. The van der Waals surface area contributed by atoms with Gasteiger partial charge in [0, 0.05) is 19.6 Å². The van der Waals surface area contributed by atoms with Crippen LogP contribution in [0.2, 0.25) is 0 Å². The average Bonchev–Trinajstić information content (AvgIpc) is 2.25. The van der Waals surface area contributed by atoms with Crippen molar-refractivity contribution >= 4 is 0 Å². The molecule has 1 rings (SSSR count). The molecule has 5 heteroatoms. The number of rotatable bonds is 5. The van der Waals surface area contributed by atoms with Crippen molar-refractivity contribution in [2.45, 2.75) is 13.5 Å². The quantitative estimate of drug-likeness (QED) is 0.785. The Balaban J connectivity index is 2.80. The number of nitrogens with zero attached hydrogens (tertiary/aromatic N) is 1. The minimum Gasteiger partial charge on any atom is -0.329 e. The Labute approximate surface area is 92.9 Å². The zero-order valence-corrected chi connectivity index (χ0v) is 9.14. The summed E-state index contributed by atoms with van der Waals surface area (Å²) in [7, 11) is 0. The molecule has 0 aliphatic heterocycles. The summed E-state index contributed by atoms with van der Waals surface area (Å²) in [4.78, 5) is 1.92. The molecule has 0 aliphatic rings. The van der Waals surface area contributed by atoms with Crippen LogP contribution in [0.3, 0.4) is 0 Å². The van der Waals surface area contributed by atoms with Crippen molar-refractivity contribution in [2.24, 2.45) is 5.73 Å². The monoisotopic (exact) mass is 232 g/mol. The van der Waals surface area contributed by atoms with Gasteiger partial charge >= 0.3 is 0 Å². The van der Waals surface area contributed by atoms with Crippen LogP contribution in [0.4, 0.5) is 13.2 Å². The fraction of sp³-hybridized carbons (Fsp3) is 0.455. The number of hydrogen-bond acceptors (Lipinski definition) is 2. The molecule has 0 aromatic heterocycles. The van der Waals surface area contributed by atoms with Crippen molar-refractivity contribution in [3.8, 4) is 0 Å².